The van der Waals surface area contributed by atoms with E-state index in [9.17, 15) is 4.79 Å². The first-order chi connectivity index (χ1) is 18.4. The molecule has 2 atom stereocenters. The van der Waals surface area contributed by atoms with Crippen molar-refractivity contribution in [3.63, 3.8) is 0 Å². The Hall–Kier alpha value is -4.01. The van der Waals surface area contributed by atoms with Crippen LogP contribution in [0.1, 0.15) is 54.7 Å². The lowest BCUT2D eigenvalue weighted by Gasteiger charge is -2.39. The van der Waals surface area contributed by atoms with Crippen LogP contribution in [0.25, 0.3) is 0 Å². The lowest BCUT2D eigenvalue weighted by Crippen LogP contribution is -2.45. The second kappa shape index (κ2) is 10.8. The Labute approximate surface area is 223 Å². The van der Waals surface area contributed by atoms with Crippen LogP contribution in [0.5, 0.6) is 17.2 Å². The van der Waals surface area contributed by atoms with Crippen LogP contribution >= 0.6 is 0 Å². The van der Waals surface area contributed by atoms with Gasteiger partial charge in [-0.1, -0.05) is 0 Å². The minimum absolute atomic E-state index is 0.111. The van der Waals surface area contributed by atoms with Gasteiger partial charge in [0.1, 0.15) is 28.6 Å². The number of rotatable bonds is 8. The van der Waals surface area contributed by atoms with E-state index in [0.29, 0.717) is 54.0 Å². The molecule has 9 nitrogen and oxygen atoms in total. The molecule has 3 heterocycles. The molecule has 0 radical (unpaired) electrons. The third-order valence-corrected chi connectivity index (χ3v) is 7.45. The van der Waals surface area contributed by atoms with Gasteiger partial charge in [-0.2, -0.15) is 4.98 Å². The zero-order valence-corrected chi connectivity index (χ0v) is 22.7. The summed E-state index contributed by atoms with van der Waals surface area (Å²) in [5.74, 6) is 3.21. The third kappa shape index (κ3) is 4.92. The molecule has 1 saturated heterocycles. The Kier molecular flexibility index (Phi) is 7.26. The number of nitrogens with zero attached hydrogens (tertiary/aromatic N) is 4. The van der Waals surface area contributed by atoms with Crippen LogP contribution in [0.3, 0.4) is 0 Å². The van der Waals surface area contributed by atoms with Gasteiger partial charge in [-0.15, -0.1) is 0 Å². The van der Waals surface area contributed by atoms with E-state index in [1.165, 1.54) is 6.42 Å². The molecular weight excluding hydrogens is 482 g/mol. The van der Waals surface area contributed by atoms with Gasteiger partial charge in [-0.05, 0) is 69.5 Å². The maximum atomic E-state index is 13.8. The van der Waals surface area contributed by atoms with Gasteiger partial charge < -0.3 is 29.3 Å². The number of carbonyl (C=O) groups excluding carboxylic acids is 1. The summed E-state index contributed by atoms with van der Waals surface area (Å²) in [5, 5.41) is 3.40. The number of carbonyl (C=O) groups is 1. The van der Waals surface area contributed by atoms with Crippen LogP contribution in [0.15, 0.2) is 42.5 Å². The van der Waals surface area contributed by atoms with Crippen molar-refractivity contribution < 1.29 is 19.0 Å². The molecule has 1 fully saturated rings. The van der Waals surface area contributed by atoms with Gasteiger partial charge in [-0.3, -0.25) is 4.79 Å². The zero-order valence-electron chi connectivity index (χ0n) is 22.7. The summed E-state index contributed by atoms with van der Waals surface area (Å²) in [5.41, 5.74) is 2.95. The number of aromatic nitrogens is 2. The molecule has 0 saturated carbocycles. The van der Waals surface area contributed by atoms with Gasteiger partial charge in [0.25, 0.3) is 5.91 Å². The number of benzene rings is 2. The molecule has 9 heteroatoms. The van der Waals surface area contributed by atoms with E-state index in [1.54, 1.807) is 26.2 Å². The molecular formula is C29H35N5O4. The summed E-state index contributed by atoms with van der Waals surface area (Å²) >= 11 is 0. The summed E-state index contributed by atoms with van der Waals surface area (Å²) in [4.78, 5) is 27.7. The third-order valence-electron chi connectivity index (χ3n) is 7.45. The van der Waals surface area contributed by atoms with Crippen LogP contribution in [-0.4, -0.2) is 54.2 Å². The molecule has 200 valence electrons. The molecule has 2 aromatic carbocycles. The Morgan fingerprint density at radius 1 is 0.921 bits per heavy atom. The van der Waals surface area contributed by atoms with Gasteiger partial charge >= 0.3 is 0 Å². The predicted molar refractivity (Wildman–Crippen MR) is 147 cm³/mol. The molecule has 3 aromatic rings. The molecule has 0 spiro atoms. The fourth-order valence-electron chi connectivity index (χ4n) is 5.39. The van der Waals surface area contributed by atoms with E-state index in [4.69, 9.17) is 24.2 Å². The molecule has 38 heavy (non-hydrogen) atoms. The smallest absolute Gasteiger partial charge is 0.260 e. The highest BCUT2D eigenvalue weighted by atomic mass is 16.5. The highest BCUT2D eigenvalue weighted by Gasteiger charge is 2.36. The number of hydrogen-bond donors (Lipinski definition) is 1. The summed E-state index contributed by atoms with van der Waals surface area (Å²) in [6.07, 6.45) is 3.37. The van der Waals surface area contributed by atoms with Crippen molar-refractivity contribution in [3.8, 4) is 17.2 Å². The molecule has 0 aliphatic carbocycles. The standard InChI is InChI=1S/C29H35N5O4/c1-18-7-6-8-19(2)34(18)29-31-24-17-33(16-20-9-12-23(37-4)15-25(20)38-5)28(35)26(24)27(32-29)30-21-10-13-22(36-3)14-11-21/h9-15,18-19H,6-8,16-17H2,1-5H3,(H,30,31,32)/t18-,19+. The molecule has 0 unspecified atom stereocenters. The first kappa shape index (κ1) is 25.6. The average molecular weight is 518 g/mol. The number of anilines is 3. The van der Waals surface area contributed by atoms with Gasteiger partial charge in [0.15, 0.2) is 0 Å². The highest BCUT2D eigenvalue weighted by Crippen LogP contribution is 2.36. The Balaban J connectivity index is 1.51. The van der Waals surface area contributed by atoms with Crippen LogP contribution < -0.4 is 24.4 Å². The summed E-state index contributed by atoms with van der Waals surface area (Å²) in [7, 11) is 4.87. The molecule has 2 aliphatic rings. The number of piperidine rings is 1. The highest BCUT2D eigenvalue weighted by molar-refractivity contribution is 6.03. The van der Waals surface area contributed by atoms with E-state index in [1.807, 2.05) is 42.5 Å². The summed E-state index contributed by atoms with van der Waals surface area (Å²) in [6.45, 7) is 5.22. The van der Waals surface area contributed by atoms with E-state index in [2.05, 4.69) is 24.1 Å². The minimum atomic E-state index is -0.111. The molecule has 2 aliphatic heterocycles. The Morgan fingerprint density at radius 2 is 1.61 bits per heavy atom. The van der Waals surface area contributed by atoms with E-state index in [-0.39, 0.29) is 5.91 Å². The van der Waals surface area contributed by atoms with Crippen molar-refractivity contribution >= 4 is 23.4 Å². The molecule has 1 aromatic heterocycles. The quantitative estimate of drug-likeness (QED) is 0.438. The van der Waals surface area contributed by atoms with Crippen molar-refractivity contribution in [2.24, 2.45) is 0 Å². The fourth-order valence-corrected chi connectivity index (χ4v) is 5.39. The molecule has 5 rings (SSSR count). The van der Waals surface area contributed by atoms with Gasteiger partial charge in [0.2, 0.25) is 5.95 Å². The lowest BCUT2D eigenvalue weighted by atomic mass is 9.98. The molecule has 0 bridgehead atoms. The second-order valence-corrected chi connectivity index (χ2v) is 9.92. The molecule has 1 amide bonds. The zero-order chi connectivity index (χ0) is 26.8. The van der Waals surface area contributed by atoms with Crippen molar-refractivity contribution in [2.45, 2.75) is 58.3 Å². The first-order valence-corrected chi connectivity index (χ1v) is 13.0. The maximum absolute atomic E-state index is 13.8. The molecule has 1 N–H and O–H groups in total. The monoisotopic (exact) mass is 517 g/mol. The van der Waals surface area contributed by atoms with Crippen LogP contribution in [0, 0.1) is 0 Å². The maximum Gasteiger partial charge on any atom is 0.260 e. The van der Waals surface area contributed by atoms with Crippen molar-refractivity contribution in [1.82, 2.24) is 14.9 Å². The normalized spacial score (nSPS) is 18.8. The minimum Gasteiger partial charge on any atom is -0.497 e. The van der Waals surface area contributed by atoms with E-state index in [0.717, 1.165) is 35.5 Å². The Morgan fingerprint density at radius 3 is 2.26 bits per heavy atom. The Bertz CT molecular complexity index is 1300. The van der Waals surface area contributed by atoms with Gasteiger partial charge in [0, 0.05) is 29.4 Å². The van der Waals surface area contributed by atoms with Crippen molar-refractivity contribution in [3.05, 3.63) is 59.3 Å². The number of fused-ring (bicyclic) bond motifs is 1. The van der Waals surface area contributed by atoms with Crippen molar-refractivity contribution in [1.29, 1.82) is 0 Å². The average Bonchev–Trinajstić information content (AvgIpc) is 3.24. The first-order valence-electron chi connectivity index (χ1n) is 13.0. The van der Waals surface area contributed by atoms with Crippen LogP contribution in [0.2, 0.25) is 0 Å². The van der Waals surface area contributed by atoms with Crippen molar-refractivity contribution in [2.75, 3.05) is 31.5 Å². The number of ether oxygens (including phenoxy) is 3. The number of nitrogens with one attached hydrogen (secondary N) is 1. The number of amides is 1. The topological polar surface area (TPSA) is 89.0 Å². The second-order valence-electron chi connectivity index (χ2n) is 9.92. The van der Waals surface area contributed by atoms with Gasteiger partial charge in [0.05, 0.1) is 40.1 Å². The largest absolute Gasteiger partial charge is 0.497 e. The predicted octanol–water partition coefficient (Wildman–Crippen LogP) is 5.17. The summed E-state index contributed by atoms with van der Waals surface area (Å²) in [6, 6.07) is 13.9. The fraction of sp³-hybridized carbons (Fsp3) is 0.414. The summed E-state index contributed by atoms with van der Waals surface area (Å²) < 4.78 is 16.2. The van der Waals surface area contributed by atoms with E-state index >= 15 is 0 Å². The lowest BCUT2D eigenvalue weighted by molar-refractivity contribution is 0.0766. The SMILES string of the molecule is COc1ccc(Nc2nc(N3[C@H](C)CCC[C@@H]3C)nc3c2C(=O)N(Cc2ccc(OC)cc2OC)C3)cc1. The van der Waals surface area contributed by atoms with E-state index < -0.39 is 0 Å². The van der Waals surface area contributed by atoms with Crippen LogP contribution in [0.4, 0.5) is 17.5 Å². The van der Waals surface area contributed by atoms with Gasteiger partial charge in [-0.25, -0.2) is 4.98 Å². The van der Waals surface area contributed by atoms with Crippen LogP contribution in [-0.2, 0) is 13.1 Å². The number of hydrogen-bond acceptors (Lipinski definition) is 8. The number of methoxy groups -OCH3 is 3.